The highest BCUT2D eigenvalue weighted by Gasteiger charge is 2.18. The predicted octanol–water partition coefficient (Wildman–Crippen LogP) is 4.26. The van der Waals surface area contributed by atoms with Crippen molar-refractivity contribution in [3.05, 3.63) is 58.1 Å². The van der Waals surface area contributed by atoms with E-state index in [0.29, 0.717) is 10.7 Å². The maximum absolute atomic E-state index is 12.4. The summed E-state index contributed by atoms with van der Waals surface area (Å²) in [5.41, 5.74) is 4.32. The molecule has 2 aromatic carbocycles. The molecule has 1 N–H and O–H groups in total. The van der Waals surface area contributed by atoms with Gasteiger partial charge in [-0.25, -0.2) is 0 Å². The molecule has 0 aliphatic heterocycles. The Morgan fingerprint density at radius 1 is 1.04 bits per heavy atom. The molecule has 0 heterocycles. The first kappa shape index (κ1) is 18.0. The van der Waals surface area contributed by atoms with Crippen molar-refractivity contribution in [2.75, 3.05) is 16.8 Å². The zero-order valence-electron chi connectivity index (χ0n) is 14.3. The number of amides is 2. The lowest BCUT2D eigenvalue weighted by atomic mass is 10.1. The summed E-state index contributed by atoms with van der Waals surface area (Å²) in [5, 5.41) is 3.40. The quantitative estimate of drug-likeness (QED) is 0.901. The van der Waals surface area contributed by atoms with E-state index in [-0.39, 0.29) is 18.4 Å². The number of rotatable bonds is 4. The summed E-state index contributed by atoms with van der Waals surface area (Å²) in [6.45, 7) is 7.14. The third-order valence-electron chi connectivity index (χ3n) is 3.81. The van der Waals surface area contributed by atoms with Crippen molar-refractivity contribution < 1.29 is 9.59 Å². The molecule has 2 amide bonds. The molecular weight excluding hydrogens is 324 g/mol. The molecule has 0 aliphatic rings. The molecule has 0 aliphatic carbocycles. The summed E-state index contributed by atoms with van der Waals surface area (Å²) in [5.74, 6) is -0.463. The van der Waals surface area contributed by atoms with Crippen molar-refractivity contribution in [3.8, 4) is 0 Å². The number of hydrogen-bond acceptors (Lipinski definition) is 2. The number of nitrogens with zero attached hydrogens (tertiary/aromatic N) is 1. The normalized spacial score (nSPS) is 10.4. The minimum Gasteiger partial charge on any atom is -0.324 e. The maximum atomic E-state index is 12.4. The van der Waals surface area contributed by atoms with Crippen LogP contribution in [0.15, 0.2) is 36.4 Å². The van der Waals surface area contributed by atoms with E-state index in [1.807, 2.05) is 45.0 Å². The summed E-state index contributed by atoms with van der Waals surface area (Å²) in [4.78, 5) is 25.9. The lowest BCUT2D eigenvalue weighted by Crippen LogP contribution is -2.37. The van der Waals surface area contributed by atoms with Crippen molar-refractivity contribution >= 4 is 34.8 Å². The van der Waals surface area contributed by atoms with Crippen LogP contribution < -0.4 is 10.2 Å². The van der Waals surface area contributed by atoms with Gasteiger partial charge in [-0.3, -0.25) is 9.59 Å². The van der Waals surface area contributed by atoms with Crippen LogP contribution in [-0.4, -0.2) is 18.4 Å². The smallest absolute Gasteiger partial charge is 0.244 e. The Bertz CT molecular complexity index is 787. The Kier molecular flexibility index (Phi) is 5.62. The maximum Gasteiger partial charge on any atom is 0.244 e. The monoisotopic (exact) mass is 344 g/mol. The van der Waals surface area contributed by atoms with Crippen LogP contribution in [0.4, 0.5) is 11.4 Å². The molecule has 0 spiro atoms. The fourth-order valence-electron chi connectivity index (χ4n) is 2.44. The van der Waals surface area contributed by atoms with Crippen molar-refractivity contribution in [3.63, 3.8) is 0 Å². The average molecular weight is 345 g/mol. The van der Waals surface area contributed by atoms with E-state index in [1.165, 1.54) is 11.8 Å². The number of nitrogens with one attached hydrogen (secondary N) is 1. The molecule has 5 heteroatoms. The summed E-state index contributed by atoms with van der Waals surface area (Å²) < 4.78 is 0. The van der Waals surface area contributed by atoms with Gasteiger partial charge in [-0.2, -0.15) is 0 Å². The third kappa shape index (κ3) is 4.36. The molecule has 0 saturated carbocycles. The van der Waals surface area contributed by atoms with Gasteiger partial charge in [0.25, 0.3) is 0 Å². The Hall–Kier alpha value is -2.33. The molecule has 0 saturated heterocycles. The van der Waals surface area contributed by atoms with Crippen molar-refractivity contribution in [2.45, 2.75) is 27.7 Å². The largest absolute Gasteiger partial charge is 0.324 e. The zero-order chi connectivity index (χ0) is 17.9. The molecule has 0 aromatic heterocycles. The molecule has 4 nitrogen and oxygen atoms in total. The number of benzene rings is 2. The second-order valence-electron chi connectivity index (χ2n) is 5.90. The summed E-state index contributed by atoms with van der Waals surface area (Å²) >= 11 is 6.03. The average Bonchev–Trinajstić information content (AvgIpc) is 2.51. The van der Waals surface area contributed by atoms with Crippen LogP contribution in [0.1, 0.15) is 23.6 Å². The SMILES string of the molecule is CC(=O)N(CC(=O)Nc1cc(C)ccc1C)c1cc(Cl)ccc1C. The molecule has 0 unspecified atom stereocenters. The summed E-state index contributed by atoms with van der Waals surface area (Å²) in [6, 6.07) is 11.1. The van der Waals surface area contributed by atoms with E-state index in [2.05, 4.69) is 5.32 Å². The van der Waals surface area contributed by atoms with E-state index >= 15 is 0 Å². The highest BCUT2D eigenvalue weighted by Crippen LogP contribution is 2.25. The number of halogens is 1. The van der Waals surface area contributed by atoms with E-state index in [4.69, 9.17) is 11.6 Å². The van der Waals surface area contributed by atoms with Gasteiger partial charge < -0.3 is 10.2 Å². The number of carbonyl (C=O) groups excluding carboxylic acids is 2. The van der Waals surface area contributed by atoms with Crippen LogP contribution in [0.5, 0.6) is 0 Å². The fraction of sp³-hybridized carbons (Fsp3) is 0.263. The first-order chi connectivity index (χ1) is 11.3. The Morgan fingerprint density at radius 2 is 1.71 bits per heavy atom. The molecule has 0 fully saturated rings. The number of carbonyl (C=O) groups is 2. The van der Waals surface area contributed by atoms with Gasteiger partial charge in [-0.15, -0.1) is 0 Å². The molecule has 2 aromatic rings. The minimum absolute atomic E-state index is 0.0656. The van der Waals surface area contributed by atoms with Crippen LogP contribution in [0, 0.1) is 20.8 Å². The zero-order valence-corrected chi connectivity index (χ0v) is 15.1. The first-order valence-electron chi connectivity index (χ1n) is 7.69. The van der Waals surface area contributed by atoms with Crippen LogP contribution in [0.25, 0.3) is 0 Å². The van der Waals surface area contributed by atoms with Crippen molar-refractivity contribution in [1.29, 1.82) is 0 Å². The molecular formula is C19H21ClN2O2. The fourth-order valence-corrected chi connectivity index (χ4v) is 2.61. The summed E-state index contributed by atoms with van der Waals surface area (Å²) in [6.07, 6.45) is 0. The van der Waals surface area contributed by atoms with Crippen LogP contribution in [-0.2, 0) is 9.59 Å². The Balaban J connectivity index is 2.22. The van der Waals surface area contributed by atoms with Crippen LogP contribution >= 0.6 is 11.6 Å². The van der Waals surface area contributed by atoms with Gasteiger partial charge in [0.1, 0.15) is 6.54 Å². The lowest BCUT2D eigenvalue weighted by Gasteiger charge is -2.23. The minimum atomic E-state index is -0.252. The van der Waals surface area contributed by atoms with Gasteiger partial charge in [0, 0.05) is 23.3 Å². The summed E-state index contributed by atoms with van der Waals surface area (Å²) in [7, 11) is 0. The lowest BCUT2D eigenvalue weighted by molar-refractivity contribution is -0.120. The number of anilines is 2. The van der Waals surface area contributed by atoms with Crippen LogP contribution in [0.2, 0.25) is 5.02 Å². The molecule has 24 heavy (non-hydrogen) atoms. The van der Waals surface area contributed by atoms with Gasteiger partial charge in [0.05, 0.1) is 0 Å². The third-order valence-corrected chi connectivity index (χ3v) is 4.05. The second-order valence-corrected chi connectivity index (χ2v) is 6.34. The van der Waals surface area contributed by atoms with Gasteiger partial charge >= 0.3 is 0 Å². The van der Waals surface area contributed by atoms with E-state index < -0.39 is 0 Å². The van der Waals surface area contributed by atoms with Gasteiger partial charge in [0.15, 0.2) is 0 Å². The van der Waals surface area contributed by atoms with Crippen LogP contribution in [0.3, 0.4) is 0 Å². The topological polar surface area (TPSA) is 49.4 Å². The first-order valence-corrected chi connectivity index (χ1v) is 8.07. The van der Waals surface area contributed by atoms with Gasteiger partial charge in [0.2, 0.25) is 11.8 Å². The number of aryl methyl sites for hydroxylation is 3. The number of hydrogen-bond donors (Lipinski definition) is 1. The standard InChI is InChI=1S/C19H21ClN2O2/c1-12-5-6-13(2)17(9-12)21-19(24)11-22(15(4)23)18-10-16(20)8-7-14(18)3/h5-10H,11H2,1-4H3,(H,21,24). The van der Waals surface area contributed by atoms with E-state index in [0.717, 1.165) is 22.4 Å². The highest BCUT2D eigenvalue weighted by molar-refractivity contribution is 6.31. The molecule has 2 rings (SSSR count). The predicted molar refractivity (Wildman–Crippen MR) is 98.8 cm³/mol. The highest BCUT2D eigenvalue weighted by atomic mass is 35.5. The van der Waals surface area contributed by atoms with E-state index in [1.54, 1.807) is 12.1 Å². The van der Waals surface area contributed by atoms with Gasteiger partial charge in [-0.05, 0) is 55.7 Å². The second kappa shape index (κ2) is 7.49. The van der Waals surface area contributed by atoms with Crippen molar-refractivity contribution in [1.82, 2.24) is 0 Å². The molecule has 0 bridgehead atoms. The van der Waals surface area contributed by atoms with Crippen molar-refractivity contribution in [2.24, 2.45) is 0 Å². The molecule has 0 radical (unpaired) electrons. The molecule has 0 atom stereocenters. The molecule has 126 valence electrons. The Labute approximate surface area is 147 Å². The van der Waals surface area contributed by atoms with E-state index in [9.17, 15) is 9.59 Å². The Morgan fingerprint density at radius 3 is 2.38 bits per heavy atom. The van der Waals surface area contributed by atoms with Gasteiger partial charge in [-0.1, -0.05) is 29.8 Å².